The van der Waals surface area contributed by atoms with Crippen molar-refractivity contribution in [3.63, 3.8) is 0 Å². The largest absolute Gasteiger partial charge is 0.126 e. The van der Waals surface area contributed by atoms with Crippen LogP contribution in [0.1, 0.15) is 110 Å². The Balaban J connectivity index is -0.000000451. The van der Waals surface area contributed by atoms with Gasteiger partial charge in [-0.05, 0) is 34.5 Å². The number of allylic oxidation sites excluding steroid dienone is 4. The van der Waals surface area contributed by atoms with Gasteiger partial charge in [-0.15, -0.1) is 18.5 Å². The Morgan fingerprint density at radius 2 is 0.655 bits per heavy atom. The predicted molar refractivity (Wildman–Crippen MR) is 142 cm³/mol. The van der Waals surface area contributed by atoms with Crippen LogP contribution in [0.3, 0.4) is 0 Å². The van der Waals surface area contributed by atoms with E-state index >= 15 is 0 Å². The molecule has 0 radical (unpaired) electrons. The Kier molecular flexibility index (Phi) is 14.7. The first-order valence-corrected chi connectivity index (χ1v) is 12.2. The molecule has 0 heterocycles. The molecule has 2 unspecified atom stereocenters. The van der Waals surface area contributed by atoms with Gasteiger partial charge in [-0.25, -0.2) is 0 Å². The van der Waals surface area contributed by atoms with Gasteiger partial charge in [-0.2, -0.15) is 0 Å². The molecule has 0 spiro atoms. The summed E-state index contributed by atoms with van der Waals surface area (Å²) in [6.45, 7) is 32.1. The van der Waals surface area contributed by atoms with Crippen molar-refractivity contribution < 1.29 is 20.4 Å². The van der Waals surface area contributed by atoms with E-state index in [0.717, 1.165) is 12.8 Å². The van der Waals surface area contributed by atoms with Crippen molar-refractivity contribution in [1.82, 2.24) is 0 Å². The summed E-state index contributed by atoms with van der Waals surface area (Å²) in [6.07, 6.45) is 11.5. The molecule has 0 rings (SSSR count). The maximum absolute atomic E-state index is 3.07. The molecule has 0 bridgehead atoms. The predicted octanol–water partition coefficient (Wildman–Crippen LogP) is 9.31. The van der Waals surface area contributed by atoms with Crippen LogP contribution in [0.2, 0.25) is 0 Å². The monoisotopic (exact) mass is 534 g/mol. The number of hydrogen-bond acceptors (Lipinski definition) is 0. The molecule has 3 heteroatoms. The molecule has 0 amide bonds. The summed E-state index contributed by atoms with van der Waals surface area (Å²) in [6, 6.07) is 0. The zero-order valence-corrected chi connectivity index (χ0v) is 26.1. The first-order valence-electron chi connectivity index (χ1n) is 11.1. The van der Waals surface area contributed by atoms with Gasteiger partial charge in [0.05, 0.1) is 0 Å². The summed E-state index contributed by atoms with van der Waals surface area (Å²) >= 11 is 0. The Labute approximate surface area is 204 Å². The molecule has 0 N–H and O–H groups in total. The summed E-state index contributed by atoms with van der Waals surface area (Å²) in [5, 5.41) is 0.325. The zero-order valence-electron chi connectivity index (χ0n) is 22.2. The topological polar surface area (TPSA) is 0 Å². The fourth-order valence-corrected chi connectivity index (χ4v) is 4.13. The second kappa shape index (κ2) is 12.3. The van der Waals surface area contributed by atoms with Gasteiger partial charge < -0.3 is 0 Å². The summed E-state index contributed by atoms with van der Waals surface area (Å²) in [7, 11) is 6.14. The van der Waals surface area contributed by atoms with E-state index in [1.165, 1.54) is 0 Å². The molecule has 0 aromatic carbocycles. The Morgan fingerprint density at radius 1 is 0.483 bits per heavy atom. The van der Waals surface area contributed by atoms with E-state index in [4.69, 9.17) is 0 Å². The molecule has 0 nitrogen and oxygen atoms in total. The van der Waals surface area contributed by atoms with Crippen LogP contribution in [0, 0.1) is 21.7 Å². The van der Waals surface area contributed by atoms with Crippen LogP contribution in [0.5, 0.6) is 0 Å². The van der Waals surface area contributed by atoms with E-state index in [0.29, 0.717) is 0 Å². The average molecular weight is 535 g/mol. The quantitative estimate of drug-likeness (QED) is 0.191. The Morgan fingerprint density at radius 3 is 0.759 bits per heavy atom. The molecule has 2 atom stereocenters. The summed E-state index contributed by atoms with van der Waals surface area (Å²) in [4.78, 5) is 0. The fraction of sp³-hybridized carbons (Fsp3) is 0.846. The van der Waals surface area contributed by atoms with Gasteiger partial charge in [0, 0.05) is 30.7 Å². The summed E-state index contributed by atoms with van der Waals surface area (Å²) in [5.74, 6) is 0. The molecule has 0 saturated heterocycles. The number of hydrogen-bond donors (Lipinski definition) is 0. The van der Waals surface area contributed by atoms with Crippen molar-refractivity contribution in [1.29, 1.82) is 0 Å². The van der Waals surface area contributed by atoms with E-state index in [2.05, 4.69) is 140 Å². The Hall–Kier alpha value is 1.00. The van der Waals surface area contributed by atoms with E-state index in [9.17, 15) is 0 Å². The van der Waals surface area contributed by atoms with Crippen molar-refractivity contribution in [3.8, 4) is 0 Å². The number of rotatable bonds is 4. The summed E-state index contributed by atoms with van der Waals surface area (Å²) in [5.41, 5.74) is 1.06. The average Bonchev–Trinajstić information content (AvgIpc) is 2.46. The molecule has 178 valence electrons. The van der Waals surface area contributed by atoms with Gasteiger partial charge in [0.25, 0.3) is 0 Å². The van der Waals surface area contributed by atoms with Crippen LogP contribution in [0.4, 0.5) is 0 Å². The normalized spacial score (nSPS) is 14.6. The van der Waals surface area contributed by atoms with Crippen molar-refractivity contribution in [3.05, 3.63) is 24.3 Å². The molecule has 0 aliphatic rings. The Bertz CT molecular complexity index is 427. The summed E-state index contributed by atoms with van der Waals surface area (Å²) < 4.78 is 0. The van der Waals surface area contributed by atoms with Crippen molar-refractivity contribution >= 4 is 18.5 Å². The van der Waals surface area contributed by atoms with Gasteiger partial charge in [0.2, 0.25) is 0 Å². The maximum atomic E-state index is 3.07. The first-order chi connectivity index (χ1) is 12.1. The fourth-order valence-electron chi connectivity index (χ4n) is 3.86. The van der Waals surface area contributed by atoms with Gasteiger partial charge >= 0.3 is 0 Å². The van der Waals surface area contributed by atoms with Crippen molar-refractivity contribution in [2.24, 2.45) is 21.7 Å². The standard InChI is InChI=1S/2C13H27P.Pd/c2*1-8-9-10-13(14,11(2,3)4)12(5,6)7;/h2*9-10H,8,14H2,1-7H3;. The second-order valence-electron chi connectivity index (χ2n) is 12.4. The van der Waals surface area contributed by atoms with Gasteiger partial charge in [0.15, 0.2) is 0 Å². The minimum absolute atomic E-state index is 0. The molecular formula is C26H54P2Pd. The third-order valence-electron chi connectivity index (χ3n) is 6.20. The molecule has 0 fully saturated rings. The molecule has 0 aromatic heterocycles. The van der Waals surface area contributed by atoms with Crippen LogP contribution in [0.15, 0.2) is 24.3 Å². The molecule has 0 saturated carbocycles. The minimum atomic E-state index is 0. The molecular weight excluding hydrogens is 481 g/mol. The van der Waals surface area contributed by atoms with E-state index in [1.807, 2.05) is 0 Å². The van der Waals surface area contributed by atoms with Crippen LogP contribution in [-0.2, 0) is 20.4 Å². The van der Waals surface area contributed by atoms with E-state index < -0.39 is 0 Å². The third-order valence-corrected chi connectivity index (χ3v) is 10.0. The van der Waals surface area contributed by atoms with Crippen LogP contribution < -0.4 is 0 Å². The second-order valence-corrected chi connectivity index (χ2v) is 14.2. The minimum Gasteiger partial charge on any atom is -0.126 e. The van der Waals surface area contributed by atoms with Crippen molar-refractivity contribution in [2.75, 3.05) is 0 Å². The SMILES string of the molecule is CCC=CC(P)(C(C)(C)C)C(C)(C)C.CCC=CC(P)(C(C)(C)C)C(C)(C)C.[Pd]. The van der Waals surface area contributed by atoms with Crippen LogP contribution >= 0.6 is 18.5 Å². The molecule has 0 aliphatic heterocycles. The van der Waals surface area contributed by atoms with Crippen molar-refractivity contribution in [2.45, 2.75) is 120 Å². The smallest absolute Gasteiger partial charge is 0.0123 e. The zero-order chi connectivity index (χ0) is 23.2. The third kappa shape index (κ3) is 9.57. The first kappa shape index (κ1) is 34.6. The molecule has 29 heavy (non-hydrogen) atoms. The van der Waals surface area contributed by atoms with E-state index in [1.54, 1.807) is 0 Å². The van der Waals surface area contributed by atoms with Crippen LogP contribution in [0.25, 0.3) is 0 Å². The van der Waals surface area contributed by atoms with Gasteiger partial charge in [-0.3, -0.25) is 0 Å². The van der Waals surface area contributed by atoms with Crippen LogP contribution in [-0.4, -0.2) is 10.3 Å². The van der Waals surface area contributed by atoms with E-state index in [-0.39, 0.29) is 52.4 Å². The molecule has 0 aliphatic carbocycles. The van der Waals surface area contributed by atoms with Gasteiger partial charge in [-0.1, -0.05) is 121 Å². The molecule has 0 aromatic rings. The van der Waals surface area contributed by atoms with Gasteiger partial charge in [0.1, 0.15) is 0 Å². The maximum Gasteiger partial charge on any atom is 0.0123 e.